The fourth-order valence-corrected chi connectivity index (χ4v) is 0.996. The molecular weight excluding hydrogens is 142 g/mol. The quantitative estimate of drug-likeness (QED) is 0.533. The van der Waals surface area contributed by atoms with Crippen molar-refractivity contribution in [2.45, 2.75) is 12.8 Å². The lowest BCUT2D eigenvalue weighted by Gasteiger charge is -2.16. The van der Waals surface area contributed by atoms with Crippen LogP contribution >= 0.6 is 0 Å². The van der Waals surface area contributed by atoms with E-state index in [0.29, 0.717) is 6.54 Å². The van der Waals surface area contributed by atoms with Crippen molar-refractivity contribution in [3.63, 3.8) is 0 Å². The van der Waals surface area contributed by atoms with Gasteiger partial charge in [0.15, 0.2) is 0 Å². The lowest BCUT2D eigenvalue weighted by atomic mass is 10.1. The molecule has 0 aromatic heterocycles. The van der Waals surface area contributed by atoms with Crippen LogP contribution in [0, 0.1) is 5.41 Å². The van der Waals surface area contributed by atoms with Gasteiger partial charge in [-0.3, -0.25) is 10.2 Å². The number of nitrogens with zero attached hydrogens (tertiary/aromatic N) is 1. The maximum atomic E-state index is 11.3. The number of carbonyl (C=O) groups is 1. The van der Waals surface area contributed by atoms with E-state index in [9.17, 15) is 4.79 Å². The fourth-order valence-electron chi connectivity index (χ4n) is 0.996. The van der Waals surface area contributed by atoms with Gasteiger partial charge in [0.1, 0.15) is 0 Å². The van der Waals surface area contributed by atoms with E-state index in [0.717, 1.165) is 12.8 Å². The summed E-state index contributed by atoms with van der Waals surface area (Å²) in [5.41, 5.74) is 7.95. The second kappa shape index (κ2) is 2.79. The molecule has 11 heavy (non-hydrogen) atoms. The first-order chi connectivity index (χ1) is 5.10. The normalized spacial score (nSPS) is 20.0. The third-order valence-corrected chi connectivity index (χ3v) is 2.05. The maximum absolute atomic E-state index is 11.3. The van der Waals surface area contributed by atoms with Crippen molar-refractivity contribution in [1.29, 1.82) is 0 Å². The van der Waals surface area contributed by atoms with E-state index in [1.54, 1.807) is 19.1 Å². The van der Waals surface area contributed by atoms with E-state index in [2.05, 4.69) is 5.43 Å². The van der Waals surface area contributed by atoms with Gasteiger partial charge in [0.05, 0.1) is 5.41 Å². The van der Waals surface area contributed by atoms with E-state index >= 15 is 0 Å². The molecule has 1 fully saturated rings. The van der Waals surface area contributed by atoms with Gasteiger partial charge in [-0.25, -0.2) is 5.01 Å². The first-order valence-electron chi connectivity index (χ1n) is 3.79. The largest absolute Gasteiger partial charge is 0.329 e. The minimum atomic E-state index is -0.232. The highest BCUT2D eigenvalue weighted by Gasteiger charge is 2.48. The van der Waals surface area contributed by atoms with Gasteiger partial charge in [-0.2, -0.15) is 0 Å². The molecule has 1 amide bonds. The molecule has 1 rings (SSSR count). The highest BCUT2D eigenvalue weighted by atomic mass is 16.2. The Balaban J connectivity index is 2.41. The topological polar surface area (TPSA) is 58.4 Å². The highest BCUT2D eigenvalue weighted by molar-refractivity contribution is 5.85. The van der Waals surface area contributed by atoms with Crippen LogP contribution in [0.4, 0.5) is 0 Å². The van der Waals surface area contributed by atoms with Gasteiger partial charge in [0.25, 0.3) is 0 Å². The van der Waals surface area contributed by atoms with Crippen molar-refractivity contribution in [2.75, 3.05) is 20.6 Å². The van der Waals surface area contributed by atoms with Crippen LogP contribution in [0.15, 0.2) is 0 Å². The van der Waals surface area contributed by atoms with Gasteiger partial charge in [0, 0.05) is 20.6 Å². The molecular formula is C7H15N3O. The van der Waals surface area contributed by atoms with Crippen LogP contribution in [-0.2, 0) is 4.79 Å². The van der Waals surface area contributed by atoms with Crippen LogP contribution in [0.25, 0.3) is 0 Å². The Bertz CT molecular complexity index is 163. The van der Waals surface area contributed by atoms with Crippen molar-refractivity contribution >= 4 is 5.91 Å². The third-order valence-electron chi connectivity index (χ3n) is 2.05. The lowest BCUT2D eigenvalue weighted by Crippen LogP contribution is -2.43. The molecule has 0 aromatic rings. The summed E-state index contributed by atoms with van der Waals surface area (Å²) in [5.74, 6) is 0.0602. The number of amides is 1. The minimum Gasteiger partial charge on any atom is -0.329 e. The van der Waals surface area contributed by atoms with Crippen LogP contribution in [0.1, 0.15) is 12.8 Å². The number of hydrogen-bond acceptors (Lipinski definition) is 3. The van der Waals surface area contributed by atoms with Gasteiger partial charge in [0.2, 0.25) is 5.91 Å². The number of carbonyl (C=O) groups excluding carboxylic acids is 1. The summed E-state index contributed by atoms with van der Waals surface area (Å²) >= 11 is 0. The molecule has 4 nitrogen and oxygen atoms in total. The number of nitrogens with two attached hydrogens (primary N) is 1. The van der Waals surface area contributed by atoms with E-state index in [4.69, 9.17) is 5.73 Å². The highest BCUT2D eigenvalue weighted by Crippen LogP contribution is 2.44. The Morgan fingerprint density at radius 1 is 1.64 bits per heavy atom. The van der Waals surface area contributed by atoms with E-state index in [1.807, 2.05) is 0 Å². The molecule has 0 aromatic carbocycles. The Labute approximate surface area is 66.7 Å². The Kier molecular flexibility index (Phi) is 2.15. The summed E-state index contributed by atoms with van der Waals surface area (Å²) in [6, 6.07) is 0. The average Bonchev–Trinajstić information content (AvgIpc) is 2.65. The van der Waals surface area contributed by atoms with E-state index in [1.165, 1.54) is 0 Å². The second-order valence-electron chi connectivity index (χ2n) is 3.32. The number of rotatable bonds is 3. The molecule has 0 aliphatic heterocycles. The van der Waals surface area contributed by atoms with Crippen molar-refractivity contribution in [3.05, 3.63) is 0 Å². The smallest absolute Gasteiger partial charge is 0.241 e. The van der Waals surface area contributed by atoms with Crippen LogP contribution in [0.5, 0.6) is 0 Å². The summed E-state index contributed by atoms with van der Waals surface area (Å²) in [4.78, 5) is 11.3. The third kappa shape index (κ3) is 1.70. The van der Waals surface area contributed by atoms with Crippen molar-refractivity contribution in [3.8, 4) is 0 Å². The molecule has 0 bridgehead atoms. The maximum Gasteiger partial charge on any atom is 0.241 e. The average molecular weight is 157 g/mol. The van der Waals surface area contributed by atoms with Crippen molar-refractivity contribution in [1.82, 2.24) is 10.4 Å². The predicted octanol–water partition coefficient (Wildman–Crippen LogP) is -0.682. The fraction of sp³-hybridized carbons (Fsp3) is 0.857. The second-order valence-corrected chi connectivity index (χ2v) is 3.32. The first kappa shape index (κ1) is 8.49. The lowest BCUT2D eigenvalue weighted by molar-refractivity contribution is -0.129. The SMILES string of the molecule is CN(C)NC(=O)C1(CN)CC1. The van der Waals surface area contributed by atoms with Gasteiger partial charge < -0.3 is 5.73 Å². The van der Waals surface area contributed by atoms with Crippen LogP contribution in [0.3, 0.4) is 0 Å². The molecule has 0 heterocycles. The Morgan fingerprint density at radius 2 is 2.18 bits per heavy atom. The summed E-state index contributed by atoms with van der Waals surface area (Å²) in [5, 5.41) is 1.65. The zero-order valence-electron chi connectivity index (χ0n) is 7.05. The zero-order chi connectivity index (χ0) is 8.48. The van der Waals surface area contributed by atoms with Crippen LogP contribution < -0.4 is 11.2 Å². The molecule has 1 saturated carbocycles. The standard InChI is InChI=1S/C7H15N3O/c1-10(2)9-6(11)7(5-8)3-4-7/h3-5,8H2,1-2H3,(H,9,11). The van der Waals surface area contributed by atoms with Crippen molar-refractivity contribution < 1.29 is 4.79 Å². The van der Waals surface area contributed by atoms with Gasteiger partial charge in [-0.05, 0) is 12.8 Å². The Hall–Kier alpha value is -0.610. The molecule has 4 heteroatoms. The number of hydrogen-bond donors (Lipinski definition) is 2. The summed E-state index contributed by atoms with van der Waals surface area (Å²) in [7, 11) is 3.59. The molecule has 64 valence electrons. The molecule has 3 N–H and O–H groups in total. The van der Waals surface area contributed by atoms with Crippen molar-refractivity contribution in [2.24, 2.45) is 11.1 Å². The minimum absolute atomic E-state index is 0.0602. The van der Waals surface area contributed by atoms with Gasteiger partial charge in [-0.15, -0.1) is 0 Å². The van der Waals surface area contributed by atoms with Gasteiger partial charge >= 0.3 is 0 Å². The summed E-state index contributed by atoms with van der Waals surface area (Å²) < 4.78 is 0. The predicted molar refractivity (Wildman–Crippen MR) is 42.6 cm³/mol. The molecule has 1 aliphatic rings. The Morgan fingerprint density at radius 3 is 2.45 bits per heavy atom. The summed E-state index contributed by atoms with van der Waals surface area (Å²) in [6.45, 7) is 0.465. The monoisotopic (exact) mass is 157 g/mol. The van der Waals surface area contributed by atoms with Crippen LogP contribution in [-0.4, -0.2) is 31.6 Å². The molecule has 0 unspecified atom stereocenters. The molecule has 0 radical (unpaired) electrons. The van der Waals surface area contributed by atoms with Gasteiger partial charge in [-0.1, -0.05) is 0 Å². The zero-order valence-corrected chi connectivity index (χ0v) is 7.05. The first-order valence-corrected chi connectivity index (χ1v) is 3.79. The molecule has 0 saturated heterocycles. The van der Waals surface area contributed by atoms with E-state index < -0.39 is 0 Å². The van der Waals surface area contributed by atoms with Crippen LogP contribution in [0.2, 0.25) is 0 Å². The summed E-state index contributed by atoms with van der Waals surface area (Å²) in [6.07, 6.45) is 1.87. The number of hydrazine groups is 1. The molecule has 0 spiro atoms. The molecule has 1 aliphatic carbocycles. The van der Waals surface area contributed by atoms with E-state index in [-0.39, 0.29) is 11.3 Å². The number of nitrogens with one attached hydrogen (secondary N) is 1. The molecule has 0 atom stereocenters.